The van der Waals surface area contributed by atoms with Crippen LogP contribution in [-0.2, 0) is 14.8 Å². The Morgan fingerprint density at radius 1 is 1.22 bits per heavy atom. The molecule has 0 radical (unpaired) electrons. The van der Waals surface area contributed by atoms with Crippen molar-refractivity contribution in [2.45, 2.75) is 51.7 Å². The summed E-state index contributed by atoms with van der Waals surface area (Å²) in [7, 11) is -3.10. The monoisotopic (exact) mass is 278 g/mol. The molecule has 0 spiro atoms. The molecular formula is C12H26N2O3S. The summed E-state index contributed by atoms with van der Waals surface area (Å²) in [5, 5.41) is 3.19. The Bertz CT molecular complexity index is 313. The first kappa shape index (κ1) is 15.9. The Balaban J connectivity index is 2.09. The van der Waals surface area contributed by atoms with Crippen LogP contribution in [0.5, 0.6) is 0 Å². The summed E-state index contributed by atoms with van der Waals surface area (Å²) in [6, 6.07) is 0.0836. The first-order valence-electron chi connectivity index (χ1n) is 6.89. The molecule has 2 N–H and O–H groups in total. The lowest BCUT2D eigenvalue weighted by molar-refractivity contribution is -0.00475. The molecule has 0 aromatic carbocycles. The minimum absolute atomic E-state index is 0.0836. The van der Waals surface area contributed by atoms with Crippen molar-refractivity contribution in [3.8, 4) is 0 Å². The molecule has 1 aliphatic rings. The van der Waals surface area contributed by atoms with Gasteiger partial charge in [-0.1, -0.05) is 6.92 Å². The fourth-order valence-electron chi connectivity index (χ4n) is 2.07. The smallest absolute Gasteiger partial charge is 0.211 e. The van der Waals surface area contributed by atoms with Gasteiger partial charge in [0.2, 0.25) is 10.0 Å². The van der Waals surface area contributed by atoms with Crippen molar-refractivity contribution in [1.29, 1.82) is 0 Å². The van der Waals surface area contributed by atoms with Crippen LogP contribution in [0.3, 0.4) is 0 Å². The van der Waals surface area contributed by atoms with Crippen LogP contribution in [0.2, 0.25) is 0 Å². The Hall–Kier alpha value is -0.170. The van der Waals surface area contributed by atoms with Crippen molar-refractivity contribution in [2.24, 2.45) is 0 Å². The number of sulfonamides is 1. The van der Waals surface area contributed by atoms with E-state index in [0.29, 0.717) is 13.0 Å². The van der Waals surface area contributed by atoms with E-state index in [1.165, 1.54) is 0 Å². The van der Waals surface area contributed by atoms with Crippen LogP contribution < -0.4 is 10.0 Å². The lowest BCUT2D eigenvalue weighted by Gasteiger charge is -2.35. The van der Waals surface area contributed by atoms with Crippen molar-refractivity contribution in [1.82, 2.24) is 10.0 Å². The maximum atomic E-state index is 11.8. The molecule has 1 aliphatic carbocycles. The first-order chi connectivity index (χ1) is 8.57. The fourth-order valence-corrected chi connectivity index (χ4v) is 3.47. The predicted octanol–water partition coefficient (Wildman–Crippen LogP) is 0.863. The average Bonchev–Trinajstić information content (AvgIpc) is 2.26. The Labute approximate surface area is 111 Å². The summed E-state index contributed by atoms with van der Waals surface area (Å²) in [4.78, 5) is 0. The minimum Gasteiger partial charge on any atom is -0.378 e. The molecule has 0 aromatic rings. The van der Waals surface area contributed by atoms with Gasteiger partial charge in [0.05, 0.1) is 11.9 Å². The Kier molecular flexibility index (Phi) is 7.14. The molecule has 0 atom stereocenters. The standard InChI is InChI=1S/C12H26N2O3S/c1-3-13-7-5-6-8-18(15,16)14-11-9-12(10-11)17-4-2/h11-14H,3-10H2,1-2H3. The van der Waals surface area contributed by atoms with Gasteiger partial charge in [0.15, 0.2) is 0 Å². The van der Waals surface area contributed by atoms with Crippen molar-refractivity contribution < 1.29 is 13.2 Å². The van der Waals surface area contributed by atoms with Crippen LogP contribution in [0.4, 0.5) is 0 Å². The molecule has 0 amide bonds. The largest absolute Gasteiger partial charge is 0.378 e. The molecule has 0 saturated heterocycles. The van der Waals surface area contributed by atoms with Gasteiger partial charge in [0, 0.05) is 12.6 Å². The Morgan fingerprint density at radius 2 is 1.94 bits per heavy atom. The number of unbranched alkanes of at least 4 members (excludes halogenated alkanes) is 1. The molecule has 108 valence electrons. The van der Waals surface area contributed by atoms with Gasteiger partial charge in [0.1, 0.15) is 0 Å². The summed E-state index contributed by atoms with van der Waals surface area (Å²) in [6.07, 6.45) is 3.48. The molecule has 1 rings (SSSR count). The molecule has 18 heavy (non-hydrogen) atoms. The maximum Gasteiger partial charge on any atom is 0.211 e. The van der Waals surface area contributed by atoms with Crippen LogP contribution in [0.25, 0.3) is 0 Å². The highest BCUT2D eigenvalue weighted by Gasteiger charge is 2.32. The SMILES string of the molecule is CCNCCCCS(=O)(=O)NC1CC(OCC)C1. The number of hydrogen-bond donors (Lipinski definition) is 2. The summed E-state index contributed by atoms with van der Waals surface area (Å²) in [5.74, 6) is 0.230. The van der Waals surface area contributed by atoms with E-state index in [1.54, 1.807) is 0 Å². The third kappa shape index (κ3) is 6.13. The third-order valence-corrected chi connectivity index (χ3v) is 4.63. The zero-order valence-corrected chi connectivity index (χ0v) is 12.3. The van der Waals surface area contributed by atoms with Crippen molar-refractivity contribution >= 4 is 10.0 Å². The first-order valence-corrected chi connectivity index (χ1v) is 8.55. The van der Waals surface area contributed by atoms with E-state index in [1.807, 2.05) is 13.8 Å². The van der Waals surface area contributed by atoms with Crippen LogP contribution in [0.1, 0.15) is 39.5 Å². The van der Waals surface area contributed by atoms with E-state index in [2.05, 4.69) is 10.0 Å². The summed E-state index contributed by atoms with van der Waals surface area (Å²) in [5.41, 5.74) is 0. The second-order valence-corrected chi connectivity index (χ2v) is 6.62. The van der Waals surface area contributed by atoms with E-state index in [9.17, 15) is 8.42 Å². The van der Waals surface area contributed by atoms with E-state index in [-0.39, 0.29) is 17.9 Å². The average molecular weight is 278 g/mol. The fraction of sp³-hybridized carbons (Fsp3) is 1.00. The molecule has 0 heterocycles. The maximum absolute atomic E-state index is 11.8. The van der Waals surface area contributed by atoms with Gasteiger partial charge >= 0.3 is 0 Å². The summed E-state index contributed by atoms with van der Waals surface area (Å²) >= 11 is 0. The van der Waals surface area contributed by atoms with Gasteiger partial charge < -0.3 is 10.1 Å². The molecular weight excluding hydrogens is 252 g/mol. The zero-order valence-electron chi connectivity index (χ0n) is 11.4. The van der Waals surface area contributed by atoms with Crippen LogP contribution in [0.15, 0.2) is 0 Å². The van der Waals surface area contributed by atoms with E-state index in [0.717, 1.165) is 32.4 Å². The van der Waals surface area contributed by atoms with Crippen LogP contribution in [0, 0.1) is 0 Å². The third-order valence-electron chi connectivity index (χ3n) is 3.11. The van der Waals surface area contributed by atoms with Gasteiger partial charge in [-0.15, -0.1) is 0 Å². The normalized spacial score (nSPS) is 23.9. The zero-order chi connectivity index (χ0) is 13.4. The highest BCUT2D eigenvalue weighted by molar-refractivity contribution is 7.89. The second kappa shape index (κ2) is 8.09. The summed E-state index contributed by atoms with van der Waals surface area (Å²) < 4.78 is 31.7. The lowest BCUT2D eigenvalue weighted by Crippen LogP contribution is -2.48. The quantitative estimate of drug-likeness (QED) is 0.582. The minimum atomic E-state index is -3.10. The van der Waals surface area contributed by atoms with Gasteiger partial charge in [0.25, 0.3) is 0 Å². The van der Waals surface area contributed by atoms with Crippen molar-refractivity contribution in [3.05, 3.63) is 0 Å². The van der Waals surface area contributed by atoms with Crippen molar-refractivity contribution in [2.75, 3.05) is 25.4 Å². The van der Waals surface area contributed by atoms with Crippen LogP contribution >= 0.6 is 0 Å². The van der Waals surface area contributed by atoms with E-state index < -0.39 is 10.0 Å². The lowest BCUT2D eigenvalue weighted by atomic mass is 9.90. The molecule has 1 fully saturated rings. The Morgan fingerprint density at radius 3 is 2.56 bits per heavy atom. The molecule has 0 aromatic heterocycles. The van der Waals surface area contributed by atoms with Gasteiger partial charge in [-0.3, -0.25) is 0 Å². The number of nitrogens with one attached hydrogen (secondary N) is 2. The molecule has 5 nitrogen and oxygen atoms in total. The van der Waals surface area contributed by atoms with E-state index >= 15 is 0 Å². The molecule has 0 unspecified atom stereocenters. The summed E-state index contributed by atoms with van der Waals surface area (Å²) in [6.45, 7) is 6.54. The highest BCUT2D eigenvalue weighted by atomic mass is 32.2. The van der Waals surface area contributed by atoms with Gasteiger partial charge in [-0.05, 0) is 45.7 Å². The predicted molar refractivity (Wildman–Crippen MR) is 73.1 cm³/mol. The van der Waals surface area contributed by atoms with E-state index in [4.69, 9.17) is 4.74 Å². The molecule has 0 bridgehead atoms. The topological polar surface area (TPSA) is 67.4 Å². The van der Waals surface area contributed by atoms with Gasteiger partial charge in [-0.25, -0.2) is 13.1 Å². The highest BCUT2D eigenvalue weighted by Crippen LogP contribution is 2.23. The number of ether oxygens (including phenoxy) is 1. The molecule has 6 heteroatoms. The number of hydrogen-bond acceptors (Lipinski definition) is 4. The molecule has 0 aliphatic heterocycles. The van der Waals surface area contributed by atoms with Gasteiger partial charge in [-0.2, -0.15) is 0 Å². The second-order valence-electron chi connectivity index (χ2n) is 4.74. The van der Waals surface area contributed by atoms with Crippen LogP contribution in [-0.4, -0.2) is 46.0 Å². The molecule has 1 saturated carbocycles. The number of rotatable bonds is 10. The van der Waals surface area contributed by atoms with Crippen molar-refractivity contribution in [3.63, 3.8) is 0 Å².